The highest BCUT2D eigenvalue weighted by molar-refractivity contribution is 8.16. The van der Waals surface area contributed by atoms with Gasteiger partial charge in [-0.25, -0.2) is 21.8 Å². The number of piperidine rings is 1. The Hall–Kier alpha value is -2.34. The molecule has 1 aromatic heterocycles. The Morgan fingerprint density at radius 2 is 2.11 bits per heavy atom. The molecule has 4 heterocycles. The Balaban J connectivity index is 1.38. The molecule has 1 aromatic carbocycles. The van der Waals surface area contributed by atoms with Gasteiger partial charge in [-0.3, -0.25) is 9.79 Å². The van der Waals surface area contributed by atoms with E-state index in [2.05, 4.69) is 10.1 Å². The van der Waals surface area contributed by atoms with E-state index >= 15 is 0 Å². The van der Waals surface area contributed by atoms with Gasteiger partial charge < -0.3 is 4.74 Å². The number of ether oxygens (including phenoxy) is 1. The molecular formula is C25H27FN4O4S2. The van der Waals surface area contributed by atoms with Crippen LogP contribution < -0.4 is 0 Å². The van der Waals surface area contributed by atoms with Crippen molar-refractivity contribution in [1.82, 2.24) is 14.1 Å². The standard InChI is InChI=1S/C25H27FN4O4S2/c26-19-3-5-20(6-4-19)30-22-12-18-7-9-29(36(32,33)15-21-2-1-10-34-21)16-25(18,13-17(22)14-28-30)23(31)24-27-8-11-35-24/h3-6,12,14,21H,1-2,7-11,13,15-16H2/t21?,25-/m0/s1. The van der Waals surface area contributed by atoms with Crippen LogP contribution in [0, 0.1) is 11.2 Å². The molecule has 0 saturated carbocycles. The molecule has 8 nitrogen and oxygen atoms in total. The summed E-state index contributed by atoms with van der Waals surface area (Å²) in [7, 11) is -3.61. The first kappa shape index (κ1) is 24.0. The summed E-state index contributed by atoms with van der Waals surface area (Å²) in [5.74, 6) is 0.271. The molecule has 2 saturated heterocycles. The van der Waals surface area contributed by atoms with Crippen molar-refractivity contribution < 1.29 is 22.3 Å². The van der Waals surface area contributed by atoms with Crippen LogP contribution in [-0.2, 0) is 26.0 Å². The molecule has 36 heavy (non-hydrogen) atoms. The van der Waals surface area contributed by atoms with E-state index < -0.39 is 15.4 Å². The second kappa shape index (κ2) is 9.20. The minimum Gasteiger partial charge on any atom is -0.377 e. The largest absolute Gasteiger partial charge is 0.377 e. The summed E-state index contributed by atoms with van der Waals surface area (Å²) >= 11 is 1.44. The molecule has 11 heteroatoms. The summed E-state index contributed by atoms with van der Waals surface area (Å²) in [6, 6.07) is 6.11. The monoisotopic (exact) mass is 530 g/mol. The molecule has 0 amide bonds. The van der Waals surface area contributed by atoms with Crippen molar-refractivity contribution in [1.29, 1.82) is 0 Å². The summed E-state index contributed by atoms with van der Waals surface area (Å²) in [5.41, 5.74) is 2.32. The molecule has 190 valence electrons. The molecule has 2 fully saturated rings. The summed E-state index contributed by atoms with van der Waals surface area (Å²) in [6.07, 6.45) is 5.82. The van der Waals surface area contributed by atoms with Crippen LogP contribution in [0.25, 0.3) is 11.8 Å². The van der Waals surface area contributed by atoms with Crippen molar-refractivity contribution in [3.05, 3.63) is 53.1 Å². The molecule has 0 radical (unpaired) electrons. The minimum atomic E-state index is -3.61. The number of benzene rings is 1. The van der Waals surface area contributed by atoms with Gasteiger partial charge in [0.15, 0.2) is 5.78 Å². The second-order valence-corrected chi connectivity index (χ2v) is 12.8. The lowest BCUT2D eigenvalue weighted by molar-refractivity contribution is -0.121. The fourth-order valence-corrected chi connectivity index (χ4v) is 8.25. The second-order valence-electron chi connectivity index (χ2n) is 9.73. The van der Waals surface area contributed by atoms with Crippen molar-refractivity contribution in [3.63, 3.8) is 0 Å². The van der Waals surface area contributed by atoms with E-state index in [0.29, 0.717) is 37.6 Å². The number of aliphatic imine (C=N–C) groups is 1. The average Bonchev–Trinajstić information content (AvgIpc) is 3.64. The topological polar surface area (TPSA) is 93.9 Å². The van der Waals surface area contributed by atoms with Crippen molar-refractivity contribution in [3.8, 4) is 5.69 Å². The fraction of sp³-hybridized carbons (Fsp3) is 0.480. The van der Waals surface area contributed by atoms with Gasteiger partial charge in [0.2, 0.25) is 10.0 Å². The average molecular weight is 531 g/mol. The molecule has 1 unspecified atom stereocenters. The number of hydrogen-bond donors (Lipinski definition) is 0. The molecule has 1 aliphatic carbocycles. The van der Waals surface area contributed by atoms with Gasteiger partial charge in [0.25, 0.3) is 0 Å². The maximum Gasteiger partial charge on any atom is 0.216 e. The SMILES string of the molecule is O=C(C1=NCCS1)[C@]12Cc3cnn(-c4ccc(F)cc4)c3C=C1CCN(S(=O)(=O)CC1CCCO1)C2. The predicted octanol–water partition coefficient (Wildman–Crippen LogP) is 2.87. The predicted molar refractivity (Wildman–Crippen MR) is 136 cm³/mol. The molecule has 2 aromatic rings. The van der Waals surface area contributed by atoms with Crippen LogP contribution in [0.4, 0.5) is 4.39 Å². The van der Waals surface area contributed by atoms with E-state index in [1.54, 1.807) is 23.0 Å². The minimum absolute atomic E-state index is 0.0558. The zero-order valence-corrected chi connectivity index (χ0v) is 21.4. The zero-order chi connectivity index (χ0) is 24.9. The van der Waals surface area contributed by atoms with E-state index in [0.717, 1.165) is 41.1 Å². The van der Waals surface area contributed by atoms with Gasteiger partial charge in [0.1, 0.15) is 10.9 Å². The Morgan fingerprint density at radius 1 is 1.28 bits per heavy atom. The fourth-order valence-electron chi connectivity index (χ4n) is 5.63. The summed E-state index contributed by atoms with van der Waals surface area (Å²) in [4.78, 5) is 18.4. The third-order valence-electron chi connectivity index (χ3n) is 7.48. The van der Waals surface area contributed by atoms with Gasteiger partial charge in [-0.05, 0) is 61.6 Å². The van der Waals surface area contributed by atoms with Gasteiger partial charge >= 0.3 is 0 Å². The lowest BCUT2D eigenvalue weighted by atomic mass is 9.66. The first-order chi connectivity index (χ1) is 17.4. The lowest BCUT2D eigenvalue weighted by Gasteiger charge is -2.45. The van der Waals surface area contributed by atoms with Crippen LogP contribution in [0.2, 0.25) is 0 Å². The van der Waals surface area contributed by atoms with Gasteiger partial charge in [-0.15, -0.1) is 11.8 Å². The smallest absolute Gasteiger partial charge is 0.216 e. The summed E-state index contributed by atoms with van der Waals surface area (Å²) in [5, 5.41) is 5.01. The van der Waals surface area contributed by atoms with Crippen LogP contribution in [0.3, 0.4) is 0 Å². The van der Waals surface area contributed by atoms with Crippen LogP contribution in [0.1, 0.15) is 30.5 Å². The van der Waals surface area contributed by atoms with E-state index in [-0.39, 0.29) is 30.0 Å². The van der Waals surface area contributed by atoms with Crippen molar-refractivity contribution in [2.45, 2.75) is 31.8 Å². The van der Waals surface area contributed by atoms with Crippen LogP contribution in [0.15, 0.2) is 41.0 Å². The van der Waals surface area contributed by atoms with Gasteiger partial charge in [-0.2, -0.15) is 5.10 Å². The van der Waals surface area contributed by atoms with Gasteiger partial charge in [0, 0.05) is 32.0 Å². The first-order valence-electron chi connectivity index (χ1n) is 12.2. The van der Waals surface area contributed by atoms with Crippen molar-refractivity contribution in [2.75, 3.05) is 37.7 Å². The molecule has 2 atom stereocenters. The first-order valence-corrected chi connectivity index (χ1v) is 14.8. The quantitative estimate of drug-likeness (QED) is 0.570. The molecule has 0 bridgehead atoms. The number of nitrogens with zero attached hydrogens (tertiary/aromatic N) is 4. The number of fused-ring (bicyclic) bond motifs is 2. The maximum atomic E-state index is 14.0. The van der Waals surface area contributed by atoms with Gasteiger partial charge in [0.05, 0.1) is 34.8 Å². The summed E-state index contributed by atoms with van der Waals surface area (Å²) in [6.45, 7) is 1.59. The number of hydrogen-bond acceptors (Lipinski definition) is 7. The number of Topliss-reactive ketones (excluding diaryl/α,β-unsaturated/α-hetero) is 1. The highest BCUT2D eigenvalue weighted by Crippen LogP contribution is 2.47. The number of halogens is 1. The molecule has 0 spiro atoms. The number of carbonyl (C=O) groups excluding carboxylic acids is 1. The Morgan fingerprint density at radius 3 is 2.83 bits per heavy atom. The molecule has 3 aliphatic heterocycles. The zero-order valence-electron chi connectivity index (χ0n) is 19.7. The number of thioether (sulfide) groups is 1. The van der Waals surface area contributed by atoms with Crippen molar-refractivity contribution >= 4 is 38.7 Å². The van der Waals surface area contributed by atoms with Crippen LogP contribution in [-0.4, -0.2) is 77.2 Å². The lowest BCUT2D eigenvalue weighted by Crippen LogP contribution is -2.55. The third-order valence-corrected chi connectivity index (χ3v) is 10.3. The van der Waals surface area contributed by atoms with E-state index in [1.165, 1.54) is 28.2 Å². The molecule has 0 N–H and O–H groups in total. The van der Waals surface area contributed by atoms with E-state index in [9.17, 15) is 17.6 Å². The number of carbonyl (C=O) groups is 1. The third kappa shape index (κ3) is 4.15. The Kier molecular flexibility index (Phi) is 6.14. The number of aromatic nitrogens is 2. The van der Waals surface area contributed by atoms with E-state index in [4.69, 9.17) is 4.74 Å². The Bertz CT molecular complexity index is 1360. The number of rotatable bonds is 6. The van der Waals surface area contributed by atoms with Crippen LogP contribution in [0.5, 0.6) is 0 Å². The van der Waals surface area contributed by atoms with Crippen molar-refractivity contribution in [2.24, 2.45) is 10.4 Å². The normalized spacial score (nSPS) is 26.3. The molecule has 4 aliphatic rings. The molecular weight excluding hydrogens is 503 g/mol. The van der Waals surface area contributed by atoms with Crippen LogP contribution >= 0.6 is 11.8 Å². The molecule has 6 rings (SSSR count). The number of ketones is 1. The highest BCUT2D eigenvalue weighted by atomic mass is 32.2. The maximum absolute atomic E-state index is 14.0. The van der Waals surface area contributed by atoms with Gasteiger partial charge in [-0.1, -0.05) is 5.57 Å². The Labute approximate surface area is 213 Å². The highest BCUT2D eigenvalue weighted by Gasteiger charge is 2.52. The van der Waals surface area contributed by atoms with E-state index in [1.807, 2.05) is 6.08 Å². The summed E-state index contributed by atoms with van der Waals surface area (Å²) < 4.78 is 49.1. The number of sulfonamides is 1.